The van der Waals surface area contributed by atoms with Crippen LogP contribution in [0.2, 0.25) is 0 Å². The second-order valence-electron chi connectivity index (χ2n) is 6.64. The van der Waals surface area contributed by atoms with Gasteiger partial charge in [0.15, 0.2) is 0 Å². The fourth-order valence-electron chi connectivity index (χ4n) is 3.06. The Hall–Kier alpha value is -3.49. The molecule has 3 aromatic rings. The average Bonchev–Trinajstić information content (AvgIpc) is 3.17. The van der Waals surface area contributed by atoms with Crippen molar-refractivity contribution >= 4 is 39.7 Å². The van der Waals surface area contributed by atoms with Crippen LogP contribution in [-0.4, -0.2) is 24.3 Å². The molecule has 2 aromatic carbocycles. The van der Waals surface area contributed by atoms with Crippen molar-refractivity contribution in [1.29, 1.82) is 0 Å². The first-order chi connectivity index (χ1) is 14.4. The van der Waals surface area contributed by atoms with Gasteiger partial charge < -0.3 is 22.1 Å². The molecule has 0 spiro atoms. The molecule has 0 bridgehead atoms. The van der Waals surface area contributed by atoms with Gasteiger partial charge in [-0.2, -0.15) is 0 Å². The summed E-state index contributed by atoms with van der Waals surface area (Å²) in [7, 11) is 0. The molecule has 0 saturated heterocycles. The summed E-state index contributed by atoms with van der Waals surface area (Å²) >= 11 is 1.23. The highest BCUT2D eigenvalue weighted by Crippen LogP contribution is 2.32. The van der Waals surface area contributed by atoms with Crippen LogP contribution in [0.3, 0.4) is 0 Å². The number of nitrogens with two attached hydrogens (primary N) is 2. The van der Waals surface area contributed by atoms with Crippen molar-refractivity contribution in [2.24, 2.45) is 11.5 Å². The smallest absolute Gasteiger partial charge is 0.256 e. The maximum atomic E-state index is 12.6. The number of rotatable bonds is 7. The number of amides is 3. The molecule has 0 saturated carbocycles. The molecule has 7 nitrogen and oxygen atoms in total. The van der Waals surface area contributed by atoms with Crippen LogP contribution >= 0.6 is 11.3 Å². The predicted molar refractivity (Wildman–Crippen MR) is 120 cm³/mol. The molecule has 3 amide bonds. The number of anilines is 2. The first-order valence-corrected chi connectivity index (χ1v) is 10.2. The number of carbonyl (C=O) groups is 3. The van der Waals surface area contributed by atoms with E-state index in [1.165, 1.54) is 11.3 Å². The summed E-state index contributed by atoms with van der Waals surface area (Å²) in [5.74, 6) is -1.08. The van der Waals surface area contributed by atoms with Crippen LogP contribution < -0.4 is 22.1 Å². The molecule has 0 unspecified atom stereocenters. The Kier molecular flexibility index (Phi) is 6.61. The molecule has 1 aromatic heterocycles. The van der Waals surface area contributed by atoms with E-state index < -0.39 is 5.91 Å². The van der Waals surface area contributed by atoms with E-state index >= 15 is 0 Å². The fraction of sp³-hybridized carbons (Fsp3) is 0.136. The lowest BCUT2D eigenvalue weighted by Crippen LogP contribution is -2.17. The SMILES string of the molecule is Cc1cccc(NC(=O)CCN)c1-c1ccc(C(=O)Nc2sccc2C(N)=O)cc1. The summed E-state index contributed by atoms with van der Waals surface area (Å²) in [5, 5.41) is 7.72. The van der Waals surface area contributed by atoms with E-state index in [9.17, 15) is 14.4 Å². The highest BCUT2D eigenvalue weighted by atomic mass is 32.1. The summed E-state index contributed by atoms with van der Waals surface area (Å²) in [6.45, 7) is 2.23. The van der Waals surface area contributed by atoms with Crippen LogP contribution in [0.1, 0.15) is 32.7 Å². The maximum absolute atomic E-state index is 12.6. The molecule has 3 rings (SSSR count). The molecule has 0 aliphatic rings. The molecule has 1 heterocycles. The summed E-state index contributed by atoms with van der Waals surface area (Å²) in [5.41, 5.74) is 14.9. The van der Waals surface area contributed by atoms with Gasteiger partial charge in [-0.25, -0.2) is 0 Å². The molecule has 0 aliphatic heterocycles. The third kappa shape index (κ3) is 4.73. The van der Waals surface area contributed by atoms with Crippen LogP contribution in [0.25, 0.3) is 11.1 Å². The molecule has 0 fully saturated rings. The molecular formula is C22H22N4O3S. The van der Waals surface area contributed by atoms with Gasteiger partial charge in [0.05, 0.1) is 5.56 Å². The molecule has 0 radical (unpaired) electrons. The van der Waals surface area contributed by atoms with Crippen LogP contribution in [-0.2, 0) is 4.79 Å². The number of nitrogens with one attached hydrogen (secondary N) is 2. The number of hydrogen-bond donors (Lipinski definition) is 4. The van der Waals surface area contributed by atoms with Gasteiger partial charge in [-0.05, 0) is 47.7 Å². The molecule has 0 atom stereocenters. The van der Waals surface area contributed by atoms with Crippen molar-refractivity contribution < 1.29 is 14.4 Å². The van der Waals surface area contributed by atoms with Crippen molar-refractivity contribution in [2.45, 2.75) is 13.3 Å². The summed E-state index contributed by atoms with van der Waals surface area (Å²) in [6, 6.07) is 14.3. The summed E-state index contributed by atoms with van der Waals surface area (Å²) in [4.78, 5) is 36.0. The zero-order valence-electron chi connectivity index (χ0n) is 16.4. The monoisotopic (exact) mass is 422 g/mol. The van der Waals surface area contributed by atoms with E-state index in [0.717, 1.165) is 16.7 Å². The standard InChI is InChI=1S/C22H22N4O3S/c1-13-3-2-4-17(25-18(27)9-11-23)19(13)14-5-7-15(8-6-14)21(29)26-22-16(20(24)28)10-12-30-22/h2-8,10,12H,9,11,23H2,1H3,(H2,24,28)(H,25,27)(H,26,29). The minimum absolute atomic E-state index is 0.151. The molecule has 8 heteroatoms. The zero-order valence-corrected chi connectivity index (χ0v) is 17.2. The largest absolute Gasteiger partial charge is 0.366 e. The van der Waals surface area contributed by atoms with E-state index in [2.05, 4.69) is 10.6 Å². The Morgan fingerprint density at radius 3 is 2.40 bits per heavy atom. The van der Waals surface area contributed by atoms with E-state index in [1.807, 2.05) is 37.3 Å². The molecule has 6 N–H and O–H groups in total. The number of aryl methyl sites for hydroxylation is 1. The van der Waals surface area contributed by atoms with Crippen molar-refractivity contribution in [3.05, 3.63) is 70.6 Å². The van der Waals surface area contributed by atoms with Gasteiger partial charge in [0, 0.05) is 29.8 Å². The lowest BCUT2D eigenvalue weighted by molar-refractivity contribution is -0.116. The van der Waals surface area contributed by atoms with Crippen molar-refractivity contribution in [3.63, 3.8) is 0 Å². The van der Waals surface area contributed by atoms with E-state index in [4.69, 9.17) is 11.5 Å². The first-order valence-electron chi connectivity index (χ1n) is 9.29. The third-order valence-corrected chi connectivity index (χ3v) is 5.34. The number of carbonyl (C=O) groups excluding carboxylic acids is 3. The molecular weight excluding hydrogens is 400 g/mol. The van der Waals surface area contributed by atoms with Gasteiger partial charge in [-0.3, -0.25) is 14.4 Å². The predicted octanol–water partition coefficient (Wildman–Crippen LogP) is 3.36. The Bertz CT molecular complexity index is 1090. The second-order valence-corrected chi connectivity index (χ2v) is 7.56. The average molecular weight is 423 g/mol. The lowest BCUT2D eigenvalue weighted by Gasteiger charge is -2.14. The number of benzene rings is 2. The lowest BCUT2D eigenvalue weighted by atomic mass is 9.97. The number of thiophene rings is 1. The van der Waals surface area contributed by atoms with Crippen LogP contribution in [0, 0.1) is 6.92 Å². The van der Waals surface area contributed by atoms with Gasteiger partial charge >= 0.3 is 0 Å². The highest BCUT2D eigenvalue weighted by Gasteiger charge is 2.15. The Morgan fingerprint density at radius 1 is 1.00 bits per heavy atom. The van der Waals surface area contributed by atoms with Gasteiger partial charge in [0.1, 0.15) is 5.00 Å². The minimum atomic E-state index is -0.592. The van der Waals surface area contributed by atoms with Gasteiger partial charge in [0.25, 0.3) is 11.8 Å². The van der Waals surface area contributed by atoms with Crippen molar-refractivity contribution in [3.8, 4) is 11.1 Å². The zero-order chi connectivity index (χ0) is 21.7. The molecule has 0 aliphatic carbocycles. The second kappa shape index (κ2) is 9.34. The molecule has 154 valence electrons. The quantitative estimate of drug-likeness (QED) is 0.465. The highest BCUT2D eigenvalue weighted by molar-refractivity contribution is 7.14. The van der Waals surface area contributed by atoms with Gasteiger partial charge in [-0.15, -0.1) is 11.3 Å². The third-order valence-electron chi connectivity index (χ3n) is 4.51. The Labute approximate surface area is 178 Å². The van der Waals surface area contributed by atoms with Crippen LogP contribution in [0.4, 0.5) is 10.7 Å². The van der Waals surface area contributed by atoms with E-state index in [1.54, 1.807) is 23.6 Å². The number of hydrogen-bond acceptors (Lipinski definition) is 5. The van der Waals surface area contributed by atoms with E-state index in [-0.39, 0.29) is 30.3 Å². The van der Waals surface area contributed by atoms with Crippen molar-refractivity contribution in [1.82, 2.24) is 0 Å². The topological polar surface area (TPSA) is 127 Å². The maximum Gasteiger partial charge on any atom is 0.256 e. The summed E-state index contributed by atoms with van der Waals surface area (Å²) in [6.07, 6.45) is 0.239. The summed E-state index contributed by atoms with van der Waals surface area (Å²) < 4.78 is 0. The number of primary amides is 1. The molecule has 30 heavy (non-hydrogen) atoms. The Balaban J connectivity index is 1.84. The first kappa shape index (κ1) is 21.2. The van der Waals surface area contributed by atoms with Crippen molar-refractivity contribution in [2.75, 3.05) is 17.2 Å². The minimum Gasteiger partial charge on any atom is -0.366 e. The Morgan fingerprint density at radius 2 is 1.73 bits per heavy atom. The van der Waals surface area contributed by atoms with Gasteiger partial charge in [-0.1, -0.05) is 24.3 Å². The van der Waals surface area contributed by atoms with Crippen LogP contribution in [0.5, 0.6) is 0 Å². The van der Waals surface area contributed by atoms with Gasteiger partial charge in [0.2, 0.25) is 5.91 Å². The van der Waals surface area contributed by atoms with E-state index in [0.29, 0.717) is 16.3 Å². The van der Waals surface area contributed by atoms with Crippen LogP contribution in [0.15, 0.2) is 53.9 Å². The normalized spacial score (nSPS) is 10.5. The fourth-order valence-corrected chi connectivity index (χ4v) is 3.85.